The number of nitriles is 1. The van der Waals surface area contributed by atoms with Crippen molar-refractivity contribution < 1.29 is 19.1 Å². The molecule has 0 spiro atoms. The van der Waals surface area contributed by atoms with Crippen LogP contribution < -0.4 is 5.32 Å². The van der Waals surface area contributed by atoms with Gasteiger partial charge in [0.25, 0.3) is 5.91 Å². The zero-order valence-electron chi connectivity index (χ0n) is 11.6. The van der Waals surface area contributed by atoms with Crippen LogP contribution >= 0.6 is 0 Å². The van der Waals surface area contributed by atoms with Crippen molar-refractivity contribution in [2.75, 3.05) is 19.8 Å². The fourth-order valence-corrected chi connectivity index (χ4v) is 1.68. The van der Waals surface area contributed by atoms with Gasteiger partial charge in [-0.1, -0.05) is 0 Å². The number of hydrogen-bond acceptors (Lipinski definition) is 5. The number of rotatable bonds is 8. The zero-order valence-corrected chi connectivity index (χ0v) is 11.6. The summed E-state index contributed by atoms with van der Waals surface area (Å²) in [5.41, 5.74) is -0.0731. The highest BCUT2D eigenvalue weighted by atomic mass is 16.5. The predicted octanol–water partition coefficient (Wildman–Crippen LogP) is 1.09. The van der Waals surface area contributed by atoms with Gasteiger partial charge in [0.15, 0.2) is 0 Å². The molecule has 1 aliphatic carbocycles. The Bertz CT molecular complexity index is 526. The molecule has 21 heavy (non-hydrogen) atoms. The average Bonchev–Trinajstić information content (AvgIpc) is 3.16. The maximum absolute atomic E-state index is 11.8. The molecule has 1 amide bonds. The zero-order chi connectivity index (χ0) is 15.1. The van der Waals surface area contributed by atoms with Gasteiger partial charge < -0.3 is 19.6 Å². The van der Waals surface area contributed by atoms with Gasteiger partial charge in [-0.2, -0.15) is 5.26 Å². The minimum atomic E-state index is -0.781. The molecule has 1 aliphatic rings. The Morgan fingerprint density at radius 2 is 2.48 bits per heavy atom. The van der Waals surface area contributed by atoms with Gasteiger partial charge in [0.05, 0.1) is 19.0 Å². The number of nitrogens with zero attached hydrogens (tertiary/aromatic N) is 1. The molecule has 2 rings (SSSR count). The molecule has 1 fully saturated rings. The fraction of sp³-hybridized carbons (Fsp3) is 0.467. The third-order valence-electron chi connectivity index (χ3n) is 3.05. The third-order valence-corrected chi connectivity index (χ3v) is 3.05. The average molecular weight is 290 g/mol. The van der Waals surface area contributed by atoms with Crippen LogP contribution in [0.2, 0.25) is 0 Å². The van der Waals surface area contributed by atoms with Gasteiger partial charge in [-0.25, -0.2) is 0 Å². The predicted molar refractivity (Wildman–Crippen MR) is 74.9 cm³/mol. The number of carbonyl (C=O) groups is 1. The first kappa shape index (κ1) is 15.3. The summed E-state index contributed by atoms with van der Waals surface area (Å²) in [4.78, 5) is 11.8. The Morgan fingerprint density at radius 1 is 1.67 bits per heavy atom. The first-order chi connectivity index (χ1) is 10.2. The summed E-state index contributed by atoms with van der Waals surface area (Å²) in [6, 6.07) is 5.12. The maximum Gasteiger partial charge on any atom is 0.262 e. The standard InChI is InChI=1S/C15H18N2O4/c16-7-12(6-14-2-1-5-21-14)15(19)17-8-13(18)10-20-9-11-3-4-11/h1-2,5-6,11,13,18H,3-4,8-10H2,(H,17,19)/b12-6+. The van der Waals surface area contributed by atoms with Crippen molar-refractivity contribution in [1.82, 2.24) is 5.32 Å². The van der Waals surface area contributed by atoms with Crippen molar-refractivity contribution in [2.45, 2.75) is 18.9 Å². The van der Waals surface area contributed by atoms with Crippen LogP contribution in [0.3, 0.4) is 0 Å². The smallest absolute Gasteiger partial charge is 0.262 e. The lowest BCUT2D eigenvalue weighted by molar-refractivity contribution is -0.117. The van der Waals surface area contributed by atoms with Crippen LogP contribution in [0, 0.1) is 17.2 Å². The summed E-state index contributed by atoms with van der Waals surface area (Å²) in [5, 5.41) is 21.1. The summed E-state index contributed by atoms with van der Waals surface area (Å²) in [6.07, 6.45) is 4.41. The summed E-state index contributed by atoms with van der Waals surface area (Å²) >= 11 is 0. The first-order valence-corrected chi connectivity index (χ1v) is 6.88. The Kier molecular flexibility index (Phi) is 5.55. The van der Waals surface area contributed by atoms with E-state index in [-0.39, 0.29) is 18.7 Å². The van der Waals surface area contributed by atoms with Gasteiger partial charge in [-0.3, -0.25) is 4.79 Å². The third kappa shape index (κ3) is 5.42. The molecule has 6 heteroatoms. The van der Waals surface area contributed by atoms with Gasteiger partial charge in [-0.15, -0.1) is 0 Å². The Hall–Kier alpha value is -2.10. The highest BCUT2D eigenvalue weighted by molar-refractivity contribution is 6.01. The van der Waals surface area contributed by atoms with E-state index >= 15 is 0 Å². The molecule has 1 aromatic heterocycles. The number of furan rings is 1. The number of carbonyl (C=O) groups excluding carboxylic acids is 1. The van der Waals surface area contributed by atoms with E-state index in [0.29, 0.717) is 18.3 Å². The van der Waals surface area contributed by atoms with E-state index in [2.05, 4.69) is 5.32 Å². The lowest BCUT2D eigenvalue weighted by Crippen LogP contribution is -2.35. The number of aliphatic hydroxyl groups excluding tert-OH is 1. The van der Waals surface area contributed by atoms with Gasteiger partial charge in [0, 0.05) is 19.2 Å². The molecule has 0 saturated heterocycles. The molecule has 0 radical (unpaired) electrons. The molecular weight excluding hydrogens is 272 g/mol. The number of nitrogens with one attached hydrogen (secondary N) is 1. The van der Waals surface area contributed by atoms with Gasteiger partial charge >= 0.3 is 0 Å². The SMILES string of the molecule is N#C/C(=C\c1ccco1)C(=O)NCC(O)COCC1CC1. The van der Waals surface area contributed by atoms with Gasteiger partial charge in [0.1, 0.15) is 17.4 Å². The molecular formula is C15H18N2O4. The van der Waals surface area contributed by atoms with Crippen molar-refractivity contribution in [3.8, 4) is 6.07 Å². The second-order valence-corrected chi connectivity index (χ2v) is 5.03. The number of ether oxygens (including phenoxy) is 1. The van der Waals surface area contributed by atoms with Crippen molar-refractivity contribution >= 4 is 12.0 Å². The Balaban J connectivity index is 1.72. The van der Waals surface area contributed by atoms with E-state index in [9.17, 15) is 9.90 Å². The molecule has 1 unspecified atom stereocenters. The molecule has 1 aromatic rings. The van der Waals surface area contributed by atoms with Gasteiger partial charge in [-0.05, 0) is 30.9 Å². The Labute approximate surface area is 123 Å². The summed E-state index contributed by atoms with van der Waals surface area (Å²) < 4.78 is 10.4. The van der Waals surface area contributed by atoms with Crippen LogP contribution in [0.4, 0.5) is 0 Å². The van der Waals surface area contributed by atoms with Crippen molar-refractivity contribution in [1.29, 1.82) is 5.26 Å². The van der Waals surface area contributed by atoms with Crippen molar-refractivity contribution in [3.05, 3.63) is 29.7 Å². The molecule has 6 nitrogen and oxygen atoms in total. The van der Waals surface area contributed by atoms with E-state index in [1.54, 1.807) is 18.2 Å². The topological polar surface area (TPSA) is 95.5 Å². The molecule has 1 heterocycles. The molecule has 1 saturated carbocycles. The van der Waals surface area contributed by atoms with E-state index in [4.69, 9.17) is 14.4 Å². The van der Waals surface area contributed by atoms with Crippen LogP contribution in [0.15, 0.2) is 28.4 Å². The second-order valence-electron chi connectivity index (χ2n) is 5.03. The first-order valence-electron chi connectivity index (χ1n) is 6.88. The molecule has 2 N–H and O–H groups in total. The van der Waals surface area contributed by atoms with Gasteiger partial charge in [0.2, 0.25) is 0 Å². The van der Waals surface area contributed by atoms with Crippen LogP contribution in [0.5, 0.6) is 0 Å². The fourth-order valence-electron chi connectivity index (χ4n) is 1.68. The van der Waals surface area contributed by atoms with Crippen LogP contribution in [0.25, 0.3) is 6.08 Å². The molecule has 1 atom stereocenters. The maximum atomic E-state index is 11.8. The molecule has 0 bridgehead atoms. The van der Waals surface area contributed by atoms with Crippen LogP contribution in [-0.4, -0.2) is 36.9 Å². The van der Waals surface area contributed by atoms with Crippen LogP contribution in [0.1, 0.15) is 18.6 Å². The van der Waals surface area contributed by atoms with E-state index in [0.717, 1.165) is 0 Å². The number of amides is 1. The largest absolute Gasteiger partial charge is 0.465 e. The quantitative estimate of drug-likeness (QED) is 0.552. The minimum absolute atomic E-state index is 0.0423. The summed E-state index contributed by atoms with van der Waals surface area (Å²) in [6.45, 7) is 0.883. The van der Waals surface area contributed by atoms with Crippen molar-refractivity contribution in [2.24, 2.45) is 5.92 Å². The number of hydrogen-bond donors (Lipinski definition) is 2. The van der Waals surface area contributed by atoms with Crippen LogP contribution in [-0.2, 0) is 9.53 Å². The highest BCUT2D eigenvalue weighted by Crippen LogP contribution is 2.28. The minimum Gasteiger partial charge on any atom is -0.465 e. The number of aliphatic hydroxyl groups is 1. The summed E-state index contributed by atoms with van der Waals surface area (Å²) in [5.74, 6) is 0.512. The molecule has 112 valence electrons. The molecule has 0 aromatic carbocycles. The van der Waals surface area contributed by atoms with Crippen molar-refractivity contribution in [3.63, 3.8) is 0 Å². The molecule has 0 aliphatic heterocycles. The second kappa shape index (κ2) is 7.62. The summed E-state index contributed by atoms with van der Waals surface area (Å²) in [7, 11) is 0. The van der Waals surface area contributed by atoms with E-state index < -0.39 is 12.0 Å². The normalized spacial score (nSPS) is 16.3. The monoisotopic (exact) mass is 290 g/mol. The van der Waals surface area contributed by atoms with E-state index in [1.807, 2.05) is 0 Å². The van der Waals surface area contributed by atoms with E-state index in [1.165, 1.54) is 25.2 Å². The lowest BCUT2D eigenvalue weighted by Gasteiger charge is -2.11. The Morgan fingerprint density at radius 3 is 3.10 bits per heavy atom. The highest BCUT2D eigenvalue weighted by Gasteiger charge is 2.21. The lowest BCUT2D eigenvalue weighted by atomic mass is 10.2.